The molecule has 2 amide bonds. The van der Waals surface area contributed by atoms with E-state index in [1.807, 2.05) is 6.92 Å². The van der Waals surface area contributed by atoms with Gasteiger partial charge in [-0.05, 0) is 38.4 Å². The van der Waals surface area contributed by atoms with Crippen molar-refractivity contribution in [2.45, 2.75) is 38.3 Å². The van der Waals surface area contributed by atoms with Crippen LogP contribution in [0.1, 0.15) is 46.9 Å². The Bertz CT molecular complexity index is 550. The van der Waals surface area contributed by atoms with Gasteiger partial charge in [0.1, 0.15) is 0 Å². The molecule has 0 spiro atoms. The van der Waals surface area contributed by atoms with Gasteiger partial charge in [0.2, 0.25) is 0 Å². The predicted octanol–water partition coefficient (Wildman–Crippen LogP) is 1.52. The molecule has 0 aromatic heterocycles. The fraction of sp³-hybridized carbons (Fsp3) is 0.529. The molecule has 0 bridgehead atoms. The number of rotatable bonds is 4. The first-order valence-corrected chi connectivity index (χ1v) is 7.97. The molecular formula is C17H22N2O3. The van der Waals surface area contributed by atoms with Crippen LogP contribution in [0.4, 0.5) is 0 Å². The summed E-state index contributed by atoms with van der Waals surface area (Å²) in [5, 5.41) is 9.90. The summed E-state index contributed by atoms with van der Waals surface area (Å²) in [5.74, 6) is -0.405. The van der Waals surface area contributed by atoms with Crippen molar-refractivity contribution in [3.8, 4) is 0 Å². The van der Waals surface area contributed by atoms with Crippen molar-refractivity contribution in [2.24, 2.45) is 0 Å². The molecule has 2 atom stereocenters. The Labute approximate surface area is 130 Å². The summed E-state index contributed by atoms with van der Waals surface area (Å²) >= 11 is 0. The number of nitrogens with zero attached hydrogens (tertiary/aromatic N) is 2. The second-order valence-electron chi connectivity index (χ2n) is 6.15. The maximum Gasteiger partial charge on any atom is 0.261 e. The van der Waals surface area contributed by atoms with Crippen LogP contribution in [-0.2, 0) is 0 Å². The Hall–Kier alpha value is -1.72. The lowest BCUT2D eigenvalue weighted by Gasteiger charge is -2.38. The third-order valence-electron chi connectivity index (χ3n) is 4.71. The Balaban J connectivity index is 1.67. The van der Waals surface area contributed by atoms with Gasteiger partial charge in [0, 0.05) is 19.1 Å². The van der Waals surface area contributed by atoms with E-state index in [9.17, 15) is 14.7 Å². The zero-order chi connectivity index (χ0) is 15.7. The monoisotopic (exact) mass is 302 g/mol. The highest BCUT2D eigenvalue weighted by Crippen LogP contribution is 2.24. The quantitative estimate of drug-likeness (QED) is 0.857. The van der Waals surface area contributed by atoms with Crippen LogP contribution in [0, 0.1) is 0 Å². The molecule has 1 aromatic carbocycles. The van der Waals surface area contributed by atoms with E-state index in [2.05, 4.69) is 4.90 Å². The smallest absolute Gasteiger partial charge is 0.261 e. The summed E-state index contributed by atoms with van der Waals surface area (Å²) < 4.78 is 0. The van der Waals surface area contributed by atoms with Crippen LogP contribution in [0.25, 0.3) is 0 Å². The fourth-order valence-electron chi connectivity index (χ4n) is 3.51. The standard InChI is InChI=1S/C17H22N2O3/c1-12(20)15-8-4-5-9-18(15)10-11-19-16(21)13-6-2-3-7-14(13)17(19)22/h2-3,6-7,12,15,20H,4-5,8-11H2,1H3/t12-,15-/m0/s1. The molecule has 1 saturated heterocycles. The number of fused-ring (bicyclic) bond motifs is 1. The Morgan fingerprint density at radius 2 is 1.77 bits per heavy atom. The summed E-state index contributed by atoms with van der Waals surface area (Å²) in [4.78, 5) is 28.2. The second kappa shape index (κ2) is 6.18. The molecule has 1 N–H and O–H groups in total. The van der Waals surface area contributed by atoms with E-state index in [-0.39, 0.29) is 24.0 Å². The van der Waals surface area contributed by atoms with Gasteiger partial charge in [-0.3, -0.25) is 19.4 Å². The third kappa shape index (κ3) is 2.66. The molecule has 2 aliphatic rings. The van der Waals surface area contributed by atoms with E-state index >= 15 is 0 Å². The minimum absolute atomic E-state index is 0.129. The van der Waals surface area contributed by atoms with Crippen LogP contribution < -0.4 is 0 Å². The number of aliphatic hydroxyl groups excluding tert-OH is 1. The number of aliphatic hydroxyl groups is 1. The zero-order valence-electron chi connectivity index (χ0n) is 12.9. The van der Waals surface area contributed by atoms with Crippen molar-refractivity contribution in [1.29, 1.82) is 0 Å². The van der Waals surface area contributed by atoms with E-state index in [4.69, 9.17) is 0 Å². The van der Waals surface area contributed by atoms with Crippen molar-refractivity contribution in [3.05, 3.63) is 35.4 Å². The highest BCUT2D eigenvalue weighted by atomic mass is 16.3. The highest BCUT2D eigenvalue weighted by Gasteiger charge is 2.35. The number of benzene rings is 1. The lowest BCUT2D eigenvalue weighted by Crippen LogP contribution is -2.49. The Morgan fingerprint density at radius 3 is 2.36 bits per heavy atom. The van der Waals surface area contributed by atoms with Gasteiger partial charge in [-0.25, -0.2) is 0 Å². The Morgan fingerprint density at radius 1 is 1.14 bits per heavy atom. The van der Waals surface area contributed by atoms with Gasteiger partial charge in [-0.1, -0.05) is 18.6 Å². The van der Waals surface area contributed by atoms with E-state index in [1.54, 1.807) is 24.3 Å². The van der Waals surface area contributed by atoms with Gasteiger partial charge in [-0.15, -0.1) is 0 Å². The summed E-state index contributed by atoms with van der Waals surface area (Å²) in [6, 6.07) is 7.09. The largest absolute Gasteiger partial charge is 0.392 e. The molecule has 0 saturated carbocycles. The van der Waals surface area contributed by atoms with Crippen molar-refractivity contribution >= 4 is 11.8 Å². The van der Waals surface area contributed by atoms with Crippen LogP contribution in [-0.4, -0.2) is 58.5 Å². The molecule has 5 nitrogen and oxygen atoms in total. The number of carbonyl (C=O) groups is 2. The summed E-state index contributed by atoms with van der Waals surface area (Å²) in [7, 11) is 0. The van der Waals surface area contributed by atoms with Crippen LogP contribution in [0.3, 0.4) is 0 Å². The van der Waals surface area contributed by atoms with Gasteiger partial charge >= 0.3 is 0 Å². The van der Waals surface area contributed by atoms with Gasteiger partial charge in [0.05, 0.1) is 17.2 Å². The number of amides is 2. The molecule has 2 heterocycles. The number of piperidine rings is 1. The molecule has 3 rings (SSSR count). The summed E-state index contributed by atoms with van der Waals surface area (Å²) in [6.45, 7) is 3.74. The summed E-state index contributed by atoms with van der Waals surface area (Å²) in [5.41, 5.74) is 0.997. The first-order chi connectivity index (χ1) is 10.6. The average Bonchev–Trinajstić information content (AvgIpc) is 2.77. The molecule has 1 aromatic rings. The van der Waals surface area contributed by atoms with E-state index in [1.165, 1.54) is 4.90 Å². The van der Waals surface area contributed by atoms with Gasteiger partial charge < -0.3 is 5.11 Å². The SMILES string of the molecule is C[C@H](O)[C@@H]1CCCCN1CCN1C(=O)c2ccccc2C1=O. The van der Waals surface area contributed by atoms with Crippen molar-refractivity contribution in [2.75, 3.05) is 19.6 Å². The molecule has 0 unspecified atom stereocenters. The van der Waals surface area contributed by atoms with E-state index < -0.39 is 0 Å². The number of carbonyl (C=O) groups excluding carboxylic acids is 2. The van der Waals surface area contributed by atoms with Crippen LogP contribution in [0.2, 0.25) is 0 Å². The van der Waals surface area contributed by atoms with Crippen molar-refractivity contribution < 1.29 is 14.7 Å². The lowest BCUT2D eigenvalue weighted by atomic mass is 9.98. The van der Waals surface area contributed by atoms with Crippen LogP contribution in [0.5, 0.6) is 0 Å². The number of imide groups is 1. The fourth-order valence-corrected chi connectivity index (χ4v) is 3.51. The molecule has 1 fully saturated rings. The number of likely N-dealkylation sites (tertiary alicyclic amines) is 1. The Kier molecular flexibility index (Phi) is 4.27. The zero-order valence-corrected chi connectivity index (χ0v) is 12.9. The summed E-state index contributed by atoms with van der Waals surface area (Å²) in [6.07, 6.45) is 2.81. The third-order valence-corrected chi connectivity index (χ3v) is 4.71. The maximum absolute atomic E-state index is 12.3. The first-order valence-electron chi connectivity index (χ1n) is 7.97. The molecule has 118 valence electrons. The van der Waals surface area contributed by atoms with Crippen LogP contribution >= 0.6 is 0 Å². The lowest BCUT2D eigenvalue weighted by molar-refractivity contribution is 0.0300. The maximum atomic E-state index is 12.3. The van der Waals surface area contributed by atoms with Crippen molar-refractivity contribution in [1.82, 2.24) is 9.80 Å². The molecule has 22 heavy (non-hydrogen) atoms. The van der Waals surface area contributed by atoms with Gasteiger partial charge in [0.25, 0.3) is 11.8 Å². The highest BCUT2D eigenvalue weighted by molar-refractivity contribution is 6.21. The first kappa shape index (κ1) is 15.2. The number of hydrogen-bond donors (Lipinski definition) is 1. The van der Waals surface area contributed by atoms with E-state index in [0.717, 1.165) is 25.8 Å². The topological polar surface area (TPSA) is 60.9 Å². The van der Waals surface area contributed by atoms with Gasteiger partial charge in [0.15, 0.2) is 0 Å². The minimum atomic E-state index is -0.387. The van der Waals surface area contributed by atoms with Gasteiger partial charge in [-0.2, -0.15) is 0 Å². The minimum Gasteiger partial charge on any atom is -0.392 e. The molecule has 0 radical (unpaired) electrons. The molecule has 0 aliphatic carbocycles. The van der Waals surface area contributed by atoms with Crippen LogP contribution in [0.15, 0.2) is 24.3 Å². The number of hydrogen-bond acceptors (Lipinski definition) is 4. The molecule has 5 heteroatoms. The second-order valence-corrected chi connectivity index (χ2v) is 6.15. The predicted molar refractivity (Wildman–Crippen MR) is 82.7 cm³/mol. The molecular weight excluding hydrogens is 280 g/mol. The average molecular weight is 302 g/mol. The normalized spacial score (nSPS) is 23.7. The molecule has 2 aliphatic heterocycles. The van der Waals surface area contributed by atoms with Crippen molar-refractivity contribution in [3.63, 3.8) is 0 Å². The van der Waals surface area contributed by atoms with E-state index in [0.29, 0.717) is 24.2 Å².